The van der Waals surface area contributed by atoms with Crippen LogP contribution in [0.25, 0.3) is 0 Å². The van der Waals surface area contributed by atoms with Gasteiger partial charge in [0.15, 0.2) is 5.13 Å². The van der Waals surface area contributed by atoms with E-state index in [9.17, 15) is 4.79 Å². The summed E-state index contributed by atoms with van der Waals surface area (Å²) in [5, 5.41) is 5.50. The first-order valence-corrected chi connectivity index (χ1v) is 10.3. The van der Waals surface area contributed by atoms with Gasteiger partial charge in [0.1, 0.15) is 5.75 Å². The van der Waals surface area contributed by atoms with Gasteiger partial charge in [-0.2, -0.15) is 0 Å². The molecule has 1 aromatic carbocycles. The number of morpholine rings is 1. The molecule has 1 aliphatic rings. The van der Waals surface area contributed by atoms with Crippen molar-refractivity contribution in [3.05, 3.63) is 40.9 Å². The van der Waals surface area contributed by atoms with Gasteiger partial charge in [0.25, 0.3) is 5.91 Å². The zero-order chi connectivity index (χ0) is 19.1. The number of anilines is 1. The zero-order valence-electron chi connectivity index (χ0n) is 15.9. The molecule has 146 valence electrons. The predicted molar refractivity (Wildman–Crippen MR) is 108 cm³/mol. The van der Waals surface area contributed by atoms with Gasteiger partial charge in [0.05, 0.1) is 25.5 Å². The monoisotopic (exact) mass is 389 g/mol. The fourth-order valence-electron chi connectivity index (χ4n) is 2.71. The number of thiazole rings is 1. The van der Waals surface area contributed by atoms with Crippen LogP contribution in [0.4, 0.5) is 5.13 Å². The molecule has 1 N–H and O–H groups in total. The zero-order valence-corrected chi connectivity index (χ0v) is 16.8. The molecule has 27 heavy (non-hydrogen) atoms. The Morgan fingerprint density at radius 3 is 2.74 bits per heavy atom. The highest BCUT2D eigenvalue weighted by atomic mass is 32.1. The van der Waals surface area contributed by atoms with Crippen molar-refractivity contribution in [2.45, 2.75) is 26.8 Å². The summed E-state index contributed by atoms with van der Waals surface area (Å²) >= 11 is 1.45. The number of amides is 1. The Morgan fingerprint density at radius 2 is 2.04 bits per heavy atom. The quantitative estimate of drug-likeness (QED) is 0.747. The third-order valence-corrected chi connectivity index (χ3v) is 5.15. The van der Waals surface area contributed by atoms with Crippen molar-refractivity contribution in [3.63, 3.8) is 0 Å². The minimum atomic E-state index is -0.156. The lowest BCUT2D eigenvalue weighted by Crippen LogP contribution is -2.35. The molecule has 3 rings (SSSR count). The van der Waals surface area contributed by atoms with Crippen molar-refractivity contribution < 1.29 is 14.3 Å². The lowest BCUT2D eigenvalue weighted by Gasteiger charge is -2.25. The Bertz CT molecular complexity index is 724. The summed E-state index contributed by atoms with van der Waals surface area (Å²) in [5.41, 5.74) is 1.57. The maximum atomic E-state index is 12.4. The molecule has 0 spiro atoms. The molecule has 7 heteroatoms. The number of carbonyl (C=O) groups is 1. The molecule has 0 radical (unpaired) electrons. The van der Waals surface area contributed by atoms with E-state index < -0.39 is 0 Å². The molecule has 0 saturated carbocycles. The molecule has 1 aromatic heterocycles. The number of ether oxygens (including phenoxy) is 2. The van der Waals surface area contributed by atoms with E-state index in [1.807, 2.05) is 17.5 Å². The maximum absolute atomic E-state index is 12.4. The van der Waals surface area contributed by atoms with Gasteiger partial charge < -0.3 is 9.47 Å². The Kier molecular flexibility index (Phi) is 7.20. The first-order valence-electron chi connectivity index (χ1n) is 9.39. The molecule has 0 bridgehead atoms. The first-order chi connectivity index (χ1) is 13.1. The summed E-state index contributed by atoms with van der Waals surface area (Å²) < 4.78 is 11.0. The molecule has 1 saturated heterocycles. The molecule has 0 atom stereocenters. The van der Waals surface area contributed by atoms with Gasteiger partial charge >= 0.3 is 0 Å². The third kappa shape index (κ3) is 6.30. The highest BCUT2D eigenvalue weighted by molar-refractivity contribution is 7.13. The summed E-state index contributed by atoms with van der Waals surface area (Å²) in [4.78, 5) is 19.2. The summed E-state index contributed by atoms with van der Waals surface area (Å²) in [6.07, 6.45) is 1.01. The van der Waals surface area contributed by atoms with Crippen molar-refractivity contribution in [1.82, 2.24) is 9.88 Å². The number of nitrogens with one attached hydrogen (secondary N) is 1. The molecule has 6 nitrogen and oxygen atoms in total. The van der Waals surface area contributed by atoms with Crippen molar-refractivity contribution in [1.29, 1.82) is 0 Å². The smallest absolute Gasteiger partial charge is 0.257 e. The molecule has 2 aromatic rings. The standard InChI is InChI=1S/C20H27N3O3S/c1-15(2)7-10-26-18-5-3-16(4-6-18)19(24)22-20-21-17(14-27-20)13-23-8-11-25-12-9-23/h3-6,14-15H,7-13H2,1-2H3,(H,21,22,24). The van der Waals surface area contributed by atoms with Crippen LogP contribution in [0.3, 0.4) is 0 Å². The maximum Gasteiger partial charge on any atom is 0.257 e. The van der Waals surface area contributed by atoms with Gasteiger partial charge in [-0.25, -0.2) is 4.98 Å². The van der Waals surface area contributed by atoms with Crippen LogP contribution in [0.5, 0.6) is 5.75 Å². The van der Waals surface area contributed by atoms with Gasteiger partial charge in [-0.05, 0) is 36.6 Å². The van der Waals surface area contributed by atoms with Crippen molar-refractivity contribution in [2.24, 2.45) is 5.92 Å². The van der Waals surface area contributed by atoms with Crippen LogP contribution in [0.1, 0.15) is 36.3 Å². The van der Waals surface area contributed by atoms with Crippen molar-refractivity contribution in [3.8, 4) is 5.75 Å². The SMILES string of the molecule is CC(C)CCOc1ccc(C(=O)Nc2nc(CN3CCOCC3)cs2)cc1. The number of carbonyl (C=O) groups excluding carboxylic acids is 1. The Labute approximate surface area is 164 Å². The first kappa shape index (κ1) is 19.8. The fraction of sp³-hybridized carbons (Fsp3) is 0.500. The summed E-state index contributed by atoms with van der Waals surface area (Å²) in [7, 11) is 0. The van der Waals surface area contributed by atoms with Crippen molar-refractivity contribution in [2.75, 3.05) is 38.2 Å². The van der Waals surface area contributed by atoms with Crippen LogP contribution in [0.15, 0.2) is 29.6 Å². The average Bonchev–Trinajstić information content (AvgIpc) is 3.09. The molecular formula is C20H27N3O3S. The van der Waals surface area contributed by atoms with Gasteiger partial charge in [0, 0.05) is 30.6 Å². The average molecular weight is 390 g/mol. The number of aromatic nitrogens is 1. The molecule has 1 fully saturated rings. The largest absolute Gasteiger partial charge is 0.494 e. The third-order valence-electron chi connectivity index (χ3n) is 4.34. The molecular weight excluding hydrogens is 362 g/mol. The van der Waals surface area contributed by atoms with Crippen LogP contribution in [-0.4, -0.2) is 48.7 Å². The Balaban J connectivity index is 1.49. The van der Waals surface area contributed by atoms with Crippen LogP contribution in [-0.2, 0) is 11.3 Å². The minimum Gasteiger partial charge on any atom is -0.494 e. The van der Waals surface area contributed by atoms with Gasteiger partial charge in [-0.15, -0.1) is 11.3 Å². The second kappa shape index (κ2) is 9.82. The highest BCUT2D eigenvalue weighted by Gasteiger charge is 2.14. The van der Waals surface area contributed by atoms with Crippen LogP contribution in [0.2, 0.25) is 0 Å². The van der Waals surface area contributed by atoms with E-state index in [2.05, 4.69) is 29.0 Å². The minimum absolute atomic E-state index is 0.156. The Morgan fingerprint density at radius 1 is 1.30 bits per heavy atom. The van der Waals surface area contributed by atoms with Crippen LogP contribution < -0.4 is 10.1 Å². The summed E-state index contributed by atoms with van der Waals surface area (Å²) in [6.45, 7) is 9.20. The lowest BCUT2D eigenvalue weighted by atomic mass is 10.1. The number of hydrogen-bond donors (Lipinski definition) is 1. The number of nitrogens with zero attached hydrogens (tertiary/aromatic N) is 2. The predicted octanol–water partition coefficient (Wildman–Crippen LogP) is 3.65. The number of hydrogen-bond acceptors (Lipinski definition) is 6. The van der Waals surface area contributed by atoms with E-state index in [4.69, 9.17) is 9.47 Å². The second-order valence-corrected chi connectivity index (χ2v) is 7.90. The van der Waals surface area contributed by atoms with E-state index >= 15 is 0 Å². The fourth-order valence-corrected chi connectivity index (χ4v) is 3.41. The topological polar surface area (TPSA) is 63.7 Å². The molecule has 1 amide bonds. The molecule has 0 unspecified atom stereocenters. The lowest BCUT2D eigenvalue weighted by molar-refractivity contribution is 0.0337. The van der Waals surface area contributed by atoms with E-state index in [1.54, 1.807) is 12.1 Å². The molecule has 1 aliphatic heterocycles. The molecule has 2 heterocycles. The Hall–Kier alpha value is -1.96. The van der Waals surface area contributed by atoms with E-state index in [1.165, 1.54) is 11.3 Å². The summed E-state index contributed by atoms with van der Waals surface area (Å²) in [5.74, 6) is 1.24. The number of benzene rings is 1. The van der Waals surface area contributed by atoms with Crippen LogP contribution in [0, 0.1) is 5.92 Å². The van der Waals surface area contributed by atoms with E-state index in [0.29, 0.717) is 23.2 Å². The van der Waals surface area contributed by atoms with E-state index in [0.717, 1.165) is 50.7 Å². The van der Waals surface area contributed by atoms with E-state index in [-0.39, 0.29) is 5.91 Å². The normalized spacial score (nSPS) is 15.1. The second-order valence-electron chi connectivity index (χ2n) is 7.04. The van der Waals surface area contributed by atoms with Gasteiger partial charge in [-0.3, -0.25) is 15.0 Å². The highest BCUT2D eigenvalue weighted by Crippen LogP contribution is 2.19. The summed E-state index contributed by atoms with van der Waals surface area (Å²) in [6, 6.07) is 7.23. The molecule has 0 aliphatic carbocycles. The van der Waals surface area contributed by atoms with Gasteiger partial charge in [-0.1, -0.05) is 13.8 Å². The van der Waals surface area contributed by atoms with Crippen LogP contribution >= 0.6 is 11.3 Å². The van der Waals surface area contributed by atoms with Gasteiger partial charge in [0.2, 0.25) is 0 Å². The van der Waals surface area contributed by atoms with Crippen molar-refractivity contribution >= 4 is 22.4 Å². The number of rotatable bonds is 8.